The standard InChI is InChI=1S/C21H19N7OS/c22-17-18(26-21-23-11-12-30-21)24-13-25-19(17)27-28-20(29)16(14-7-3-1-4-8-14)15-9-5-2-6-10-15/h1-13,16H,22H2,(H,28,29)(H2,23,24,25,26,27). The Hall–Kier alpha value is -3.98. The lowest BCUT2D eigenvalue weighted by atomic mass is 9.91. The molecule has 0 spiro atoms. The van der Waals surface area contributed by atoms with E-state index in [2.05, 4.69) is 31.1 Å². The molecule has 4 aromatic rings. The molecule has 30 heavy (non-hydrogen) atoms. The molecule has 0 fully saturated rings. The van der Waals surface area contributed by atoms with Gasteiger partial charge in [-0.15, -0.1) is 11.3 Å². The molecular formula is C21H19N7OS. The zero-order valence-electron chi connectivity index (χ0n) is 15.8. The van der Waals surface area contributed by atoms with E-state index in [1.807, 2.05) is 66.0 Å². The summed E-state index contributed by atoms with van der Waals surface area (Å²) in [5.41, 5.74) is 13.7. The molecule has 0 aliphatic rings. The van der Waals surface area contributed by atoms with Gasteiger partial charge in [-0.1, -0.05) is 60.7 Å². The van der Waals surface area contributed by atoms with Crippen LogP contribution in [0.2, 0.25) is 0 Å². The van der Waals surface area contributed by atoms with Gasteiger partial charge in [0.15, 0.2) is 16.8 Å². The zero-order valence-corrected chi connectivity index (χ0v) is 16.6. The van der Waals surface area contributed by atoms with Crippen molar-refractivity contribution in [2.24, 2.45) is 0 Å². The molecule has 0 atom stereocenters. The van der Waals surface area contributed by atoms with Crippen LogP contribution in [0.3, 0.4) is 0 Å². The molecule has 0 radical (unpaired) electrons. The van der Waals surface area contributed by atoms with Gasteiger partial charge in [0.1, 0.15) is 12.0 Å². The summed E-state index contributed by atoms with van der Waals surface area (Å²) in [6.45, 7) is 0. The fourth-order valence-electron chi connectivity index (χ4n) is 2.96. The molecule has 0 saturated carbocycles. The number of hydrazine groups is 1. The highest BCUT2D eigenvalue weighted by molar-refractivity contribution is 7.13. The predicted molar refractivity (Wildman–Crippen MR) is 118 cm³/mol. The molecule has 4 rings (SSSR count). The van der Waals surface area contributed by atoms with Crippen molar-refractivity contribution in [1.82, 2.24) is 20.4 Å². The maximum Gasteiger partial charge on any atom is 0.250 e. The molecule has 0 aliphatic heterocycles. The number of hydrogen-bond donors (Lipinski definition) is 4. The number of nitrogen functional groups attached to an aromatic ring is 1. The molecule has 0 saturated heterocycles. The minimum Gasteiger partial charge on any atom is -0.393 e. The van der Waals surface area contributed by atoms with E-state index in [0.29, 0.717) is 10.9 Å². The molecule has 0 bridgehead atoms. The molecule has 2 heterocycles. The summed E-state index contributed by atoms with van der Waals surface area (Å²) in [6.07, 6.45) is 3.03. The summed E-state index contributed by atoms with van der Waals surface area (Å²) in [7, 11) is 0. The van der Waals surface area contributed by atoms with Crippen molar-refractivity contribution in [3.05, 3.63) is 89.7 Å². The summed E-state index contributed by atoms with van der Waals surface area (Å²) in [6, 6.07) is 19.2. The minimum absolute atomic E-state index is 0.236. The number of aromatic nitrogens is 3. The first kappa shape index (κ1) is 19.3. The van der Waals surface area contributed by atoms with E-state index in [-0.39, 0.29) is 17.4 Å². The first-order valence-electron chi connectivity index (χ1n) is 9.15. The molecule has 2 aromatic heterocycles. The van der Waals surface area contributed by atoms with Gasteiger partial charge < -0.3 is 11.1 Å². The third-order valence-corrected chi connectivity index (χ3v) is 5.06. The molecule has 150 valence electrons. The lowest BCUT2D eigenvalue weighted by molar-refractivity contribution is -0.121. The van der Waals surface area contributed by atoms with Crippen molar-refractivity contribution in [3.8, 4) is 0 Å². The Morgan fingerprint density at radius 3 is 2.13 bits per heavy atom. The molecular weight excluding hydrogens is 398 g/mol. The van der Waals surface area contributed by atoms with Crippen molar-refractivity contribution >= 4 is 39.7 Å². The number of nitrogens with one attached hydrogen (secondary N) is 3. The van der Waals surface area contributed by atoms with Gasteiger partial charge in [0.2, 0.25) is 5.91 Å². The number of thiazole rings is 1. The average Bonchev–Trinajstić information content (AvgIpc) is 3.29. The van der Waals surface area contributed by atoms with Crippen molar-refractivity contribution in [2.75, 3.05) is 16.5 Å². The number of carbonyl (C=O) groups excluding carboxylic acids is 1. The fourth-order valence-corrected chi connectivity index (χ4v) is 3.49. The summed E-state index contributed by atoms with van der Waals surface area (Å²) in [5.74, 6) is -0.0348. The second-order valence-corrected chi connectivity index (χ2v) is 7.21. The molecule has 5 N–H and O–H groups in total. The van der Waals surface area contributed by atoms with E-state index in [9.17, 15) is 4.79 Å². The Morgan fingerprint density at radius 2 is 1.53 bits per heavy atom. The van der Waals surface area contributed by atoms with Crippen LogP contribution in [-0.2, 0) is 4.79 Å². The summed E-state index contributed by atoms with van der Waals surface area (Å²) >= 11 is 1.42. The molecule has 8 nitrogen and oxygen atoms in total. The van der Waals surface area contributed by atoms with Gasteiger partial charge in [0, 0.05) is 11.6 Å². The number of benzene rings is 2. The molecule has 9 heteroatoms. The number of hydrogen-bond acceptors (Lipinski definition) is 8. The maximum absolute atomic E-state index is 13.1. The number of nitrogens with zero attached hydrogens (tertiary/aromatic N) is 3. The smallest absolute Gasteiger partial charge is 0.250 e. The number of rotatable bonds is 7. The van der Waals surface area contributed by atoms with Crippen LogP contribution in [0.1, 0.15) is 17.0 Å². The Labute approximate surface area is 177 Å². The number of anilines is 4. The lowest BCUT2D eigenvalue weighted by Gasteiger charge is -2.19. The summed E-state index contributed by atoms with van der Waals surface area (Å²) < 4.78 is 0. The number of carbonyl (C=O) groups is 1. The largest absolute Gasteiger partial charge is 0.393 e. The summed E-state index contributed by atoms with van der Waals surface area (Å²) in [5, 5.41) is 5.53. The number of amides is 1. The van der Waals surface area contributed by atoms with Crippen molar-refractivity contribution in [1.29, 1.82) is 0 Å². The molecule has 0 unspecified atom stereocenters. The SMILES string of the molecule is Nc1c(NNC(=O)C(c2ccccc2)c2ccccc2)ncnc1Nc1nccs1. The number of nitrogens with two attached hydrogens (primary N) is 1. The Bertz CT molecular complexity index is 1070. The third-order valence-electron chi connectivity index (χ3n) is 4.37. The van der Waals surface area contributed by atoms with E-state index >= 15 is 0 Å². The fraction of sp³-hybridized carbons (Fsp3) is 0.0476. The van der Waals surface area contributed by atoms with Crippen molar-refractivity contribution < 1.29 is 4.79 Å². The Balaban J connectivity index is 1.53. The second-order valence-electron chi connectivity index (χ2n) is 6.32. The zero-order chi connectivity index (χ0) is 20.8. The molecule has 0 aliphatic carbocycles. The van der Waals surface area contributed by atoms with Crippen LogP contribution in [0.4, 0.5) is 22.5 Å². The molecule has 1 amide bonds. The first-order chi connectivity index (χ1) is 14.7. The minimum atomic E-state index is -0.490. The monoisotopic (exact) mass is 417 g/mol. The van der Waals surface area contributed by atoms with Gasteiger partial charge >= 0.3 is 0 Å². The third kappa shape index (κ3) is 4.36. The summed E-state index contributed by atoms with van der Waals surface area (Å²) in [4.78, 5) is 25.5. The van der Waals surface area contributed by atoms with Crippen LogP contribution in [0.25, 0.3) is 0 Å². The first-order valence-corrected chi connectivity index (χ1v) is 10.0. The normalized spacial score (nSPS) is 10.6. The highest BCUT2D eigenvalue weighted by Gasteiger charge is 2.23. The van der Waals surface area contributed by atoms with E-state index in [0.717, 1.165) is 11.1 Å². The molecule has 2 aromatic carbocycles. The van der Waals surface area contributed by atoms with Gasteiger partial charge in [-0.05, 0) is 11.1 Å². The Morgan fingerprint density at radius 1 is 0.900 bits per heavy atom. The van der Waals surface area contributed by atoms with Crippen molar-refractivity contribution in [3.63, 3.8) is 0 Å². The highest BCUT2D eigenvalue weighted by atomic mass is 32.1. The predicted octanol–water partition coefficient (Wildman–Crippen LogP) is 3.53. The topological polar surface area (TPSA) is 118 Å². The van der Waals surface area contributed by atoms with Crippen LogP contribution in [0.15, 0.2) is 78.6 Å². The van der Waals surface area contributed by atoms with Gasteiger partial charge in [0.25, 0.3) is 0 Å². The van der Waals surface area contributed by atoms with Crippen LogP contribution in [-0.4, -0.2) is 20.9 Å². The van der Waals surface area contributed by atoms with Crippen LogP contribution in [0.5, 0.6) is 0 Å². The van der Waals surface area contributed by atoms with E-state index in [1.165, 1.54) is 17.7 Å². The van der Waals surface area contributed by atoms with Gasteiger partial charge in [-0.3, -0.25) is 15.6 Å². The van der Waals surface area contributed by atoms with Crippen LogP contribution in [0, 0.1) is 0 Å². The van der Waals surface area contributed by atoms with E-state index < -0.39 is 5.92 Å². The van der Waals surface area contributed by atoms with Crippen LogP contribution >= 0.6 is 11.3 Å². The average molecular weight is 417 g/mol. The van der Waals surface area contributed by atoms with Crippen LogP contribution < -0.4 is 21.9 Å². The maximum atomic E-state index is 13.1. The van der Waals surface area contributed by atoms with Gasteiger partial charge in [-0.25, -0.2) is 15.0 Å². The van der Waals surface area contributed by atoms with E-state index in [1.54, 1.807) is 6.20 Å². The lowest BCUT2D eigenvalue weighted by Crippen LogP contribution is -2.35. The second kappa shape index (κ2) is 9.01. The van der Waals surface area contributed by atoms with E-state index in [4.69, 9.17) is 5.73 Å². The van der Waals surface area contributed by atoms with Crippen molar-refractivity contribution in [2.45, 2.75) is 5.92 Å². The van der Waals surface area contributed by atoms with Gasteiger partial charge in [0.05, 0.1) is 5.92 Å². The van der Waals surface area contributed by atoms with Gasteiger partial charge in [-0.2, -0.15) is 0 Å². The Kier molecular flexibility index (Phi) is 5.81. The highest BCUT2D eigenvalue weighted by Crippen LogP contribution is 2.27. The quantitative estimate of drug-likeness (QED) is 0.340.